The number of aromatic nitrogens is 4. The van der Waals surface area contributed by atoms with Crippen molar-refractivity contribution in [2.24, 2.45) is 5.92 Å². The number of hydrogen-bond donors (Lipinski definition) is 3. The number of nitrogens with one attached hydrogen (secondary N) is 3. The monoisotopic (exact) mass is 429 g/mol. The summed E-state index contributed by atoms with van der Waals surface area (Å²) >= 11 is 0. The molecule has 1 aliphatic carbocycles. The van der Waals surface area contributed by atoms with E-state index in [0.717, 1.165) is 36.8 Å². The SMILES string of the molecule is C=C1C(C)CN(C)C1CNc1nc(Cc2ccccc2)cc(Nc2cc(C3CC3)[nH]n2)n1. The van der Waals surface area contributed by atoms with Gasteiger partial charge in [0, 0.05) is 49.3 Å². The number of aromatic amines is 1. The van der Waals surface area contributed by atoms with Gasteiger partial charge in [-0.1, -0.05) is 49.4 Å². The molecular formula is C25H31N7. The van der Waals surface area contributed by atoms with Crippen molar-refractivity contribution in [2.75, 3.05) is 30.8 Å². The third-order valence-electron chi connectivity index (χ3n) is 6.49. The Morgan fingerprint density at radius 3 is 2.66 bits per heavy atom. The third kappa shape index (κ3) is 4.67. The summed E-state index contributed by atoms with van der Waals surface area (Å²) in [5.41, 5.74) is 4.64. The molecule has 1 aromatic carbocycles. The fourth-order valence-electron chi connectivity index (χ4n) is 4.43. The summed E-state index contributed by atoms with van der Waals surface area (Å²) in [6, 6.07) is 14.8. The number of H-pyrrole nitrogens is 1. The van der Waals surface area contributed by atoms with Gasteiger partial charge in [-0.15, -0.1) is 0 Å². The summed E-state index contributed by atoms with van der Waals surface area (Å²) in [6.07, 6.45) is 3.22. The second-order valence-corrected chi connectivity index (χ2v) is 9.15. The molecule has 0 amide bonds. The molecule has 1 saturated heterocycles. The summed E-state index contributed by atoms with van der Waals surface area (Å²) < 4.78 is 0. The number of nitrogens with zero attached hydrogens (tertiary/aromatic N) is 4. The molecule has 0 radical (unpaired) electrons. The topological polar surface area (TPSA) is 81.8 Å². The first-order valence-electron chi connectivity index (χ1n) is 11.4. The Morgan fingerprint density at radius 2 is 1.94 bits per heavy atom. The van der Waals surface area contributed by atoms with Crippen LogP contribution in [0.4, 0.5) is 17.6 Å². The van der Waals surface area contributed by atoms with E-state index in [-0.39, 0.29) is 6.04 Å². The van der Waals surface area contributed by atoms with Gasteiger partial charge in [-0.2, -0.15) is 10.1 Å². The van der Waals surface area contributed by atoms with Gasteiger partial charge in [0.05, 0.1) is 5.69 Å². The zero-order chi connectivity index (χ0) is 22.1. The molecule has 3 N–H and O–H groups in total. The molecule has 5 rings (SSSR count). The van der Waals surface area contributed by atoms with Crippen LogP contribution >= 0.6 is 0 Å². The van der Waals surface area contributed by atoms with Gasteiger partial charge in [-0.25, -0.2) is 4.98 Å². The van der Waals surface area contributed by atoms with E-state index < -0.39 is 0 Å². The standard InChI is InChI=1S/C25H31N7/c1-16-15-32(3)22(17(16)2)14-26-25-27-20(11-18-7-5-4-6-8-18)12-23(29-25)28-24-13-21(30-31-24)19-9-10-19/h4-8,12-13,16,19,22H,2,9-11,14-15H2,1,3H3,(H3,26,27,28,29,30,31). The van der Waals surface area contributed by atoms with E-state index in [1.165, 1.54) is 29.7 Å². The molecule has 0 spiro atoms. The Kier molecular flexibility index (Phi) is 5.66. The van der Waals surface area contributed by atoms with Gasteiger partial charge in [0.25, 0.3) is 0 Å². The molecule has 166 valence electrons. The third-order valence-corrected chi connectivity index (χ3v) is 6.49. The fraction of sp³-hybridized carbons (Fsp3) is 0.400. The van der Waals surface area contributed by atoms with E-state index >= 15 is 0 Å². The van der Waals surface area contributed by atoms with Crippen LogP contribution in [0.3, 0.4) is 0 Å². The van der Waals surface area contributed by atoms with Gasteiger partial charge in [0.2, 0.25) is 5.95 Å². The Labute approximate surface area is 189 Å². The van der Waals surface area contributed by atoms with Gasteiger partial charge in [-0.05, 0) is 31.4 Å². The summed E-state index contributed by atoms with van der Waals surface area (Å²) in [7, 11) is 2.15. The van der Waals surface area contributed by atoms with Gasteiger partial charge >= 0.3 is 0 Å². The van der Waals surface area contributed by atoms with Crippen LogP contribution in [-0.2, 0) is 6.42 Å². The normalized spacial score (nSPS) is 21.1. The maximum absolute atomic E-state index is 4.81. The quantitative estimate of drug-likeness (QED) is 0.463. The zero-order valence-electron chi connectivity index (χ0n) is 18.8. The van der Waals surface area contributed by atoms with Crippen molar-refractivity contribution in [1.82, 2.24) is 25.1 Å². The minimum absolute atomic E-state index is 0.287. The van der Waals surface area contributed by atoms with Crippen LogP contribution in [0.5, 0.6) is 0 Å². The molecule has 2 fully saturated rings. The van der Waals surface area contributed by atoms with Crippen LogP contribution in [0.25, 0.3) is 0 Å². The van der Waals surface area contributed by atoms with E-state index in [2.05, 4.69) is 76.6 Å². The molecule has 7 heteroatoms. The summed E-state index contributed by atoms with van der Waals surface area (Å²) in [5, 5.41) is 14.4. The summed E-state index contributed by atoms with van der Waals surface area (Å²) in [6.45, 7) is 8.31. The summed E-state index contributed by atoms with van der Waals surface area (Å²) in [4.78, 5) is 11.9. The van der Waals surface area contributed by atoms with Gasteiger partial charge < -0.3 is 10.6 Å². The molecule has 2 aromatic heterocycles. The highest BCUT2D eigenvalue weighted by Gasteiger charge is 2.30. The minimum Gasteiger partial charge on any atom is -0.352 e. The van der Waals surface area contributed by atoms with E-state index in [1.54, 1.807) is 0 Å². The second-order valence-electron chi connectivity index (χ2n) is 9.15. The largest absolute Gasteiger partial charge is 0.352 e. The predicted molar refractivity (Wildman–Crippen MR) is 128 cm³/mol. The Balaban J connectivity index is 1.36. The molecule has 7 nitrogen and oxygen atoms in total. The highest BCUT2D eigenvalue weighted by molar-refractivity contribution is 5.55. The van der Waals surface area contributed by atoms with Crippen LogP contribution in [0.2, 0.25) is 0 Å². The molecule has 1 saturated carbocycles. The molecule has 1 aliphatic heterocycles. The van der Waals surface area contributed by atoms with E-state index in [1.807, 2.05) is 12.1 Å². The van der Waals surface area contributed by atoms with Gasteiger partial charge in [0.1, 0.15) is 5.82 Å². The molecule has 32 heavy (non-hydrogen) atoms. The van der Waals surface area contributed by atoms with Gasteiger partial charge in [0.15, 0.2) is 5.82 Å². The molecule has 2 atom stereocenters. The van der Waals surface area contributed by atoms with Crippen molar-refractivity contribution < 1.29 is 0 Å². The maximum atomic E-state index is 4.81. The number of likely N-dealkylation sites (tertiary alicyclic amines) is 1. The first-order valence-corrected chi connectivity index (χ1v) is 11.4. The molecule has 0 bridgehead atoms. The fourth-order valence-corrected chi connectivity index (χ4v) is 4.43. The van der Waals surface area contributed by atoms with E-state index in [9.17, 15) is 0 Å². The smallest absolute Gasteiger partial charge is 0.224 e. The van der Waals surface area contributed by atoms with Crippen molar-refractivity contribution in [3.8, 4) is 0 Å². The molecule has 3 heterocycles. The number of likely N-dealkylation sites (N-methyl/N-ethyl adjacent to an activating group) is 1. The lowest BCUT2D eigenvalue weighted by Gasteiger charge is -2.21. The Hall–Kier alpha value is -3.19. The highest BCUT2D eigenvalue weighted by atomic mass is 15.2. The van der Waals surface area contributed by atoms with Crippen LogP contribution in [-0.4, -0.2) is 51.2 Å². The van der Waals surface area contributed by atoms with Gasteiger partial charge in [-0.3, -0.25) is 10.00 Å². The minimum atomic E-state index is 0.287. The lowest BCUT2D eigenvalue weighted by molar-refractivity contribution is 0.329. The molecule has 2 unspecified atom stereocenters. The van der Waals surface area contributed by atoms with E-state index in [4.69, 9.17) is 9.97 Å². The molecular weight excluding hydrogens is 398 g/mol. The molecule has 2 aliphatic rings. The average Bonchev–Trinajstić information content (AvgIpc) is 3.47. The predicted octanol–water partition coefficient (Wildman–Crippen LogP) is 4.33. The van der Waals surface area contributed by atoms with Crippen LogP contribution in [0, 0.1) is 5.92 Å². The van der Waals surface area contributed by atoms with E-state index in [0.29, 0.717) is 17.8 Å². The maximum Gasteiger partial charge on any atom is 0.224 e. The lowest BCUT2D eigenvalue weighted by atomic mass is 10.0. The number of benzene rings is 1. The van der Waals surface area contributed by atoms with Crippen LogP contribution in [0.1, 0.15) is 42.6 Å². The zero-order valence-corrected chi connectivity index (χ0v) is 18.8. The lowest BCUT2D eigenvalue weighted by Crippen LogP contribution is -2.32. The second kappa shape index (κ2) is 8.74. The first kappa shape index (κ1) is 20.7. The van der Waals surface area contributed by atoms with Crippen LogP contribution in [0.15, 0.2) is 54.6 Å². The summed E-state index contributed by atoms with van der Waals surface area (Å²) in [5.74, 6) is 3.30. The average molecular weight is 430 g/mol. The number of anilines is 3. The van der Waals surface area contributed by atoms with Crippen molar-refractivity contribution in [3.63, 3.8) is 0 Å². The Morgan fingerprint density at radius 1 is 1.12 bits per heavy atom. The Bertz CT molecular complexity index is 1090. The first-order chi connectivity index (χ1) is 15.5. The van der Waals surface area contributed by atoms with Crippen molar-refractivity contribution >= 4 is 17.6 Å². The highest BCUT2D eigenvalue weighted by Crippen LogP contribution is 2.39. The van der Waals surface area contributed by atoms with Crippen LogP contribution < -0.4 is 10.6 Å². The number of hydrogen-bond acceptors (Lipinski definition) is 6. The molecule has 3 aromatic rings. The number of rotatable bonds is 8. The van der Waals surface area contributed by atoms with Crippen molar-refractivity contribution in [3.05, 3.63) is 71.6 Å². The van der Waals surface area contributed by atoms with Crippen molar-refractivity contribution in [1.29, 1.82) is 0 Å². The van der Waals surface area contributed by atoms with Crippen molar-refractivity contribution in [2.45, 2.75) is 38.1 Å².